The number of benzene rings is 1. The number of fused-ring (bicyclic) bond motifs is 1. The summed E-state index contributed by atoms with van der Waals surface area (Å²) in [7, 11) is 1.90. The molecule has 7 nitrogen and oxygen atoms in total. The summed E-state index contributed by atoms with van der Waals surface area (Å²) in [5.74, 6) is -0.307. The van der Waals surface area contributed by atoms with Crippen molar-refractivity contribution in [2.75, 3.05) is 39.4 Å². The second-order valence-corrected chi connectivity index (χ2v) is 8.02. The Balaban J connectivity index is 1.35. The van der Waals surface area contributed by atoms with Gasteiger partial charge < -0.3 is 15.4 Å². The van der Waals surface area contributed by atoms with E-state index in [2.05, 4.69) is 20.6 Å². The van der Waals surface area contributed by atoms with Gasteiger partial charge in [-0.1, -0.05) is 18.2 Å². The Bertz CT molecular complexity index is 878. The highest BCUT2D eigenvalue weighted by Crippen LogP contribution is 2.24. The molecule has 1 fully saturated rings. The maximum atomic E-state index is 13.9. The van der Waals surface area contributed by atoms with Gasteiger partial charge in [0.1, 0.15) is 5.82 Å². The average molecular weight is 416 g/mol. The number of hydrogen-bond donors (Lipinski definition) is 2. The van der Waals surface area contributed by atoms with Crippen molar-refractivity contribution >= 4 is 5.91 Å². The number of carbonyl (C=O) groups is 1. The van der Waals surface area contributed by atoms with E-state index in [-0.39, 0.29) is 17.8 Å². The molecule has 0 bridgehead atoms. The molecule has 1 aromatic carbocycles. The smallest absolute Gasteiger partial charge is 0.272 e. The number of rotatable bonds is 7. The van der Waals surface area contributed by atoms with Crippen molar-refractivity contribution < 1.29 is 13.9 Å². The number of hydrogen-bond acceptors (Lipinski definition) is 5. The highest BCUT2D eigenvalue weighted by Gasteiger charge is 2.28. The largest absolute Gasteiger partial charge is 0.379 e. The van der Waals surface area contributed by atoms with E-state index in [4.69, 9.17) is 4.74 Å². The van der Waals surface area contributed by atoms with Gasteiger partial charge in [-0.2, -0.15) is 5.10 Å². The fourth-order valence-electron chi connectivity index (χ4n) is 4.28. The highest BCUT2D eigenvalue weighted by molar-refractivity contribution is 5.94. The van der Waals surface area contributed by atoms with E-state index in [1.807, 2.05) is 17.8 Å². The molecule has 0 saturated carbocycles. The molecule has 4 rings (SSSR count). The fourth-order valence-corrected chi connectivity index (χ4v) is 4.28. The first-order chi connectivity index (χ1) is 14.6. The van der Waals surface area contributed by atoms with Crippen LogP contribution in [0.25, 0.3) is 0 Å². The molecular weight excluding hydrogens is 385 g/mol. The molecule has 2 N–H and O–H groups in total. The average Bonchev–Trinajstić information content (AvgIpc) is 3.10. The van der Waals surface area contributed by atoms with Gasteiger partial charge in [-0.15, -0.1) is 0 Å². The van der Waals surface area contributed by atoms with E-state index in [9.17, 15) is 9.18 Å². The summed E-state index contributed by atoms with van der Waals surface area (Å²) in [6.07, 6.45) is 2.53. The molecule has 1 aliphatic heterocycles. The summed E-state index contributed by atoms with van der Waals surface area (Å²) in [5, 5.41) is 11.0. The molecule has 2 aliphatic rings. The Labute approximate surface area is 176 Å². The Morgan fingerprint density at radius 3 is 2.90 bits per heavy atom. The zero-order chi connectivity index (χ0) is 20.9. The van der Waals surface area contributed by atoms with Crippen LogP contribution in [0.3, 0.4) is 0 Å². The molecule has 1 atom stereocenters. The topological polar surface area (TPSA) is 71.4 Å². The van der Waals surface area contributed by atoms with E-state index >= 15 is 0 Å². The standard InChI is InChI=1S/C22H30FN5O2/c1-27-20-7-6-17(25-15-16-4-2-3-5-19(16)23)14-18(20)21(26-27)22(29)24-8-9-28-10-12-30-13-11-28/h2-5,17,25H,6-15H2,1H3,(H,24,29). The monoisotopic (exact) mass is 415 g/mol. The van der Waals surface area contributed by atoms with Gasteiger partial charge in [0.05, 0.1) is 13.2 Å². The summed E-state index contributed by atoms with van der Waals surface area (Å²) in [4.78, 5) is 15.1. The van der Waals surface area contributed by atoms with Crippen LogP contribution in [0.4, 0.5) is 4.39 Å². The first-order valence-corrected chi connectivity index (χ1v) is 10.7. The molecule has 1 aliphatic carbocycles. The number of aromatic nitrogens is 2. The van der Waals surface area contributed by atoms with E-state index in [0.717, 1.165) is 63.4 Å². The van der Waals surface area contributed by atoms with E-state index in [1.54, 1.807) is 12.1 Å². The predicted molar refractivity (Wildman–Crippen MR) is 112 cm³/mol. The molecule has 0 spiro atoms. The number of amides is 1. The van der Waals surface area contributed by atoms with Crippen LogP contribution in [0.15, 0.2) is 24.3 Å². The molecule has 1 amide bonds. The molecule has 2 aromatic rings. The molecule has 2 heterocycles. The highest BCUT2D eigenvalue weighted by atomic mass is 19.1. The first kappa shape index (κ1) is 21.0. The first-order valence-electron chi connectivity index (χ1n) is 10.7. The Kier molecular flexibility index (Phi) is 6.76. The van der Waals surface area contributed by atoms with Crippen LogP contribution in [-0.2, 0) is 31.2 Å². The van der Waals surface area contributed by atoms with Crippen molar-refractivity contribution in [3.05, 3.63) is 52.6 Å². The maximum Gasteiger partial charge on any atom is 0.272 e. The van der Waals surface area contributed by atoms with Gasteiger partial charge in [0.25, 0.3) is 5.91 Å². The Hall–Kier alpha value is -2.29. The van der Waals surface area contributed by atoms with Crippen molar-refractivity contribution in [3.63, 3.8) is 0 Å². The fraction of sp³-hybridized carbons (Fsp3) is 0.545. The van der Waals surface area contributed by atoms with Crippen LogP contribution >= 0.6 is 0 Å². The van der Waals surface area contributed by atoms with Gasteiger partial charge in [-0.25, -0.2) is 4.39 Å². The Morgan fingerprint density at radius 1 is 1.30 bits per heavy atom. The number of nitrogens with zero attached hydrogens (tertiary/aromatic N) is 3. The van der Waals surface area contributed by atoms with Gasteiger partial charge >= 0.3 is 0 Å². The zero-order valence-corrected chi connectivity index (χ0v) is 17.5. The molecule has 1 unspecified atom stereocenters. The predicted octanol–water partition coefficient (Wildman–Crippen LogP) is 1.27. The van der Waals surface area contributed by atoms with Crippen LogP contribution in [-0.4, -0.2) is 66.0 Å². The quantitative estimate of drug-likeness (QED) is 0.713. The van der Waals surface area contributed by atoms with Gasteiger partial charge in [0.2, 0.25) is 0 Å². The zero-order valence-electron chi connectivity index (χ0n) is 17.5. The van der Waals surface area contributed by atoms with Crippen LogP contribution in [0, 0.1) is 5.82 Å². The van der Waals surface area contributed by atoms with Crippen LogP contribution in [0.2, 0.25) is 0 Å². The number of aryl methyl sites for hydroxylation is 1. The van der Waals surface area contributed by atoms with Crippen molar-refractivity contribution in [1.82, 2.24) is 25.3 Å². The summed E-state index contributed by atoms with van der Waals surface area (Å²) in [6.45, 7) is 5.21. The second-order valence-electron chi connectivity index (χ2n) is 8.02. The van der Waals surface area contributed by atoms with Crippen LogP contribution < -0.4 is 10.6 Å². The molecule has 0 radical (unpaired) electrons. The van der Waals surface area contributed by atoms with Crippen molar-refractivity contribution in [3.8, 4) is 0 Å². The molecule has 30 heavy (non-hydrogen) atoms. The van der Waals surface area contributed by atoms with Crippen LogP contribution in [0.5, 0.6) is 0 Å². The van der Waals surface area contributed by atoms with Crippen molar-refractivity contribution in [1.29, 1.82) is 0 Å². The number of ether oxygens (including phenoxy) is 1. The molecule has 162 valence electrons. The summed E-state index contributed by atoms with van der Waals surface area (Å²) >= 11 is 0. The number of halogens is 1. The maximum absolute atomic E-state index is 13.9. The third-order valence-electron chi connectivity index (χ3n) is 6.03. The minimum Gasteiger partial charge on any atom is -0.379 e. The lowest BCUT2D eigenvalue weighted by Crippen LogP contribution is -2.41. The third kappa shape index (κ3) is 4.88. The second kappa shape index (κ2) is 9.68. The van der Waals surface area contributed by atoms with Gasteiger partial charge in [-0.3, -0.25) is 14.4 Å². The lowest BCUT2D eigenvalue weighted by molar-refractivity contribution is 0.0383. The molecule has 1 aromatic heterocycles. The minimum atomic E-state index is -0.191. The van der Waals surface area contributed by atoms with Gasteiger partial charge in [-0.05, 0) is 25.3 Å². The lowest BCUT2D eigenvalue weighted by Gasteiger charge is -2.26. The number of carbonyl (C=O) groups excluding carboxylic acids is 1. The molecule has 8 heteroatoms. The van der Waals surface area contributed by atoms with Crippen molar-refractivity contribution in [2.45, 2.75) is 31.8 Å². The van der Waals surface area contributed by atoms with Gasteiger partial charge in [0.15, 0.2) is 5.69 Å². The number of morpholine rings is 1. The SMILES string of the molecule is Cn1nc(C(=O)NCCN2CCOCC2)c2c1CCC(NCc1ccccc1F)C2. The van der Waals surface area contributed by atoms with Crippen molar-refractivity contribution in [2.24, 2.45) is 7.05 Å². The summed E-state index contributed by atoms with van der Waals surface area (Å²) < 4.78 is 21.1. The Morgan fingerprint density at radius 2 is 2.10 bits per heavy atom. The molecular formula is C22H30FN5O2. The lowest BCUT2D eigenvalue weighted by atomic mass is 9.91. The normalized spacial score (nSPS) is 19.5. The number of nitrogens with one attached hydrogen (secondary N) is 2. The molecule has 1 saturated heterocycles. The summed E-state index contributed by atoms with van der Waals surface area (Å²) in [6, 6.07) is 7.02. The minimum absolute atomic E-state index is 0.116. The third-order valence-corrected chi connectivity index (χ3v) is 6.03. The van der Waals surface area contributed by atoms with Gasteiger partial charge in [0, 0.05) is 62.6 Å². The van der Waals surface area contributed by atoms with E-state index in [1.165, 1.54) is 6.07 Å². The van der Waals surface area contributed by atoms with E-state index < -0.39 is 0 Å². The van der Waals surface area contributed by atoms with E-state index in [0.29, 0.717) is 24.3 Å². The van der Waals surface area contributed by atoms with Crippen LogP contribution in [0.1, 0.15) is 33.7 Å². The summed E-state index contributed by atoms with van der Waals surface area (Å²) in [5.41, 5.74) is 3.32.